The number of benzene rings is 2. The minimum absolute atomic E-state index is 0.0201. The molecule has 1 amide bonds. The zero-order valence-corrected chi connectivity index (χ0v) is 18.8. The van der Waals surface area contributed by atoms with Crippen LogP contribution in [0.2, 0.25) is 5.02 Å². The number of rotatable bonds is 7. The molecule has 1 fully saturated rings. The molecule has 0 unspecified atom stereocenters. The first-order valence-corrected chi connectivity index (χ1v) is 11.4. The smallest absolute Gasteiger partial charge is 0.237 e. The molecule has 0 spiro atoms. The van der Waals surface area contributed by atoms with Gasteiger partial charge in [0.2, 0.25) is 5.91 Å². The van der Waals surface area contributed by atoms with Crippen LogP contribution < -0.4 is 5.32 Å². The molecule has 1 saturated heterocycles. The van der Waals surface area contributed by atoms with E-state index in [-0.39, 0.29) is 22.9 Å². The van der Waals surface area contributed by atoms with E-state index in [1.807, 2.05) is 4.57 Å². The van der Waals surface area contributed by atoms with Crippen LogP contribution in [-0.2, 0) is 16.1 Å². The van der Waals surface area contributed by atoms with Gasteiger partial charge in [-0.15, -0.1) is 10.2 Å². The van der Waals surface area contributed by atoms with Crippen molar-refractivity contribution in [1.29, 1.82) is 0 Å². The molecule has 1 aromatic heterocycles. The molecule has 32 heavy (non-hydrogen) atoms. The largest absolute Gasteiger partial charge is 0.376 e. The third-order valence-electron chi connectivity index (χ3n) is 5.07. The standard InChI is InChI=1S/C22H21ClF2N4O2S/c1-13(21(30)26-19-9-8-16(25)11-18(19)23)32-22-28-27-20(14-4-6-15(24)7-5-14)29(22)12-17-3-2-10-31-17/h4-9,11,13,17H,2-3,10,12H2,1H3,(H,26,30)/t13-,17+/m1/s1. The van der Waals surface area contributed by atoms with E-state index < -0.39 is 11.1 Å². The number of aromatic nitrogens is 3. The molecule has 2 aromatic carbocycles. The molecule has 0 bridgehead atoms. The minimum Gasteiger partial charge on any atom is -0.376 e. The highest BCUT2D eigenvalue weighted by atomic mass is 35.5. The fraction of sp³-hybridized carbons (Fsp3) is 0.318. The molecule has 10 heteroatoms. The zero-order valence-electron chi connectivity index (χ0n) is 17.2. The first-order chi connectivity index (χ1) is 15.4. The molecule has 0 radical (unpaired) electrons. The number of nitrogens with zero attached hydrogens (tertiary/aromatic N) is 3. The van der Waals surface area contributed by atoms with E-state index in [0.29, 0.717) is 29.8 Å². The maximum Gasteiger partial charge on any atom is 0.237 e. The zero-order chi connectivity index (χ0) is 22.7. The number of carbonyl (C=O) groups excluding carboxylic acids is 1. The number of anilines is 1. The van der Waals surface area contributed by atoms with Gasteiger partial charge in [0.05, 0.1) is 28.6 Å². The van der Waals surface area contributed by atoms with Crippen molar-refractivity contribution in [2.24, 2.45) is 0 Å². The Kier molecular flexibility index (Phi) is 7.07. The van der Waals surface area contributed by atoms with Gasteiger partial charge in [0, 0.05) is 12.2 Å². The van der Waals surface area contributed by atoms with E-state index in [2.05, 4.69) is 15.5 Å². The fourth-order valence-corrected chi connectivity index (χ4v) is 4.45. The van der Waals surface area contributed by atoms with Gasteiger partial charge < -0.3 is 10.1 Å². The average molecular weight is 479 g/mol. The Bertz CT molecular complexity index is 1100. The molecule has 2 heterocycles. The van der Waals surface area contributed by atoms with Gasteiger partial charge in [-0.2, -0.15) is 0 Å². The molecule has 6 nitrogen and oxygen atoms in total. The van der Waals surface area contributed by atoms with E-state index in [0.717, 1.165) is 24.5 Å². The van der Waals surface area contributed by atoms with Crippen molar-refractivity contribution in [2.75, 3.05) is 11.9 Å². The second kappa shape index (κ2) is 9.97. The highest BCUT2D eigenvalue weighted by Gasteiger charge is 2.25. The number of amides is 1. The Labute approximate surface area is 193 Å². The van der Waals surface area contributed by atoms with Crippen LogP contribution in [0, 0.1) is 11.6 Å². The summed E-state index contributed by atoms with van der Waals surface area (Å²) in [5, 5.41) is 11.4. The normalized spacial score (nSPS) is 16.8. The molecule has 4 rings (SSSR count). The molecule has 1 aliphatic heterocycles. The lowest BCUT2D eigenvalue weighted by Gasteiger charge is -2.17. The van der Waals surface area contributed by atoms with Crippen LogP contribution in [-0.4, -0.2) is 38.6 Å². The van der Waals surface area contributed by atoms with Crippen molar-refractivity contribution in [3.63, 3.8) is 0 Å². The molecular weight excluding hydrogens is 458 g/mol. The second-order valence-electron chi connectivity index (χ2n) is 7.43. The van der Waals surface area contributed by atoms with Gasteiger partial charge in [-0.05, 0) is 62.2 Å². The first kappa shape index (κ1) is 22.7. The van der Waals surface area contributed by atoms with Crippen molar-refractivity contribution in [1.82, 2.24) is 14.8 Å². The van der Waals surface area contributed by atoms with E-state index in [4.69, 9.17) is 16.3 Å². The Balaban J connectivity index is 1.55. The summed E-state index contributed by atoms with van der Waals surface area (Å²) in [6.07, 6.45) is 1.93. The summed E-state index contributed by atoms with van der Waals surface area (Å²) < 4.78 is 34.3. The molecule has 3 aromatic rings. The quantitative estimate of drug-likeness (QED) is 0.474. The lowest BCUT2D eigenvalue weighted by atomic mass is 10.2. The Morgan fingerprint density at radius 2 is 2.00 bits per heavy atom. The summed E-state index contributed by atoms with van der Waals surface area (Å²) in [5.74, 6) is -0.542. The second-order valence-corrected chi connectivity index (χ2v) is 9.15. The van der Waals surface area contributed by atoms with Crippen molar-refractivity contribution >= 4 is 35.0 Å². The minimum atomic E-state index is -0.537. The SMILES string of the molecule is C[C@@H](Sc1nnc(-c2ccc(F)cc2)n1C[C@@H]1CCCO1)C(=O)Nc1ccc(F)cc1Cl. The number of hydrogen-bond donors (Lipinski definition) is 1. The van der Waals surface area contributed by atoms with Crippen molar-refractivity contribution in [3.05, 3.63) is 59.1 Å². The molecule has 1 N–H and O–H groups in total. The summed E-state index contributed by atoms with van der Waals surface area (Å²) in [7, 11) is 0. The Morgan fingerprint density at radius 1 is 1.25 bits per heavy atom. The van der Waals surface area contributed by atoms with Gasteiger partial charge in [-0.3, -0.25) is 9.36 Å². The van der Waals surface area contributed by atoms with Crippen molar-refractivity contribution in [2.45, 2.75) is 42.8 Å². The van der Waals surface area contributed by atoms with E-state index >= 15 is 0 Å². The Hall–Kier alpha value is -2.49. The number of carbonyl (C=O) groups is 1. The van der Waals surface area contributed by atoms with Crippen LogP contribution in [0.3, 0.4) is 0 Å². The highest BCUT2D eigenvalue weighted by molar-refractivity contribution is 8.00. The Morgan fingerprint density at radius 3 is 2.69 bits per heavy atom. The maximum atomic E-state index is 13.4. The van der Waals surface area contributed by atoms with E-state index in [9.17, 15) is 13.6 Å². The van der Waals surface area contributed by atoms with Crippen molar-refractivity contribution < 1.29 is 18.3 Å². The van der Waals surface area contributed by atoms with Crippen LogP contribution in [0.15, 0.2) is 47.6 Å². The number of ether oxygens (including phenoxy) is 1. The lowest BCUT2D eigenvalue weighted by Crippen LogP contribution is -2.24. The monoisotopic (exact) mass is 478 g/mol. The summed E-state index contributed by atoms with van der Waals surface area (Å²) in [6, 6.07) is 9.82. The number of thioether (sulfide) groups is 1. The molecular formula is C22H21ClF2N4O2S. The molecule has 2 atom stereocenters. The molecule has 1 aliphatic rings. The molecule has 0 aliphatic carbocycles. The lowest BCUT2D eigenvalue weighted by molar-refractivity contribution is -0.115. The maximum absolute atomic E-state index is 13.4. The third-order valence-corrected chi connectivity index (χ3v) is 6.46. The van der Waals surface area contributed by atoms with Gasteiger partial charge in [-0.25, -0.2) is 8.78 Å². The summed E-state index contributed by atoms with van der Waals surface area (Å²) >= 11 is 7.25. The van der Waals surface area contributed by atoms with Gasteiger partial charge in [0.15, 0.2) is 11.0 Å². The predicted molar refractivity (Wildman–Crippen MR) is 120 cm³/mol. The van der Waals surface area contributed by atoms with Crippen LogP contribution in [0.4, 0.5) is 14.5 Å². The van der Waals surface area contributed by atoms with Crippen LogP contribution in [0.1, 0.15) is 19.8 Å². The van der Waals surface area contributed by atoms with Crippen LogP contribution in [0.5, 0.6) is 0 Å². The van der Waals surface area contributed by atoms with Gasteiger partial charge in [-0.1, -0.05) is 23.4 Å². The van der Waals surface area contributed by atoms with Gasteiger partial charge >= 0.3 is 0 Å². The van der Waals surface area contributed by atoms with Gasteiger partial charge in [0.1, 0.15) is 11.6 Å². The highest BCUT2D eigenvalue weighted by Crippen LogP contribution is 2.30. The summed E-state index contributed by atoms with van der Waals surface area (Å²) in [5.41, 5.74) is 1.05. The third kappa shape index (κ3) is 5.28. The number of hydrogen-bond acceptors (Lipinski definition) is 5. The van der Waals surface area contributed by atoms with Crippen LogP contribution >= 0.6 is 23.4 Å². The van der Waals surface area contributed by atoms with Crippen molar-refractivity contribution in [3.8, 4) is 11.4 Å². The number of nitrogens with one attached hydrogen (secondary N) is 1. The predicted octanol–water partition coefficient (Wildman–Crippen LogP) is 5.18. The van der Waals surface area contributed by atoms with E-state index in [1.165, 1.54) is 36.0 Å². The fourth-order valence-electron chi connectivity index (χ4n) is 3.38. The average Bonchev–Trinajstić information content (AvgIpc) is 3.41. The van der Waals surface area contributed by atoms with E-state index in [1.54, 1.807) is 19.1 Å². The molecule has 168 valence electrons. The number of halogens is 3. The van der Waals surface area contributed by atoms with Gasteiger partial charge in [0.25, 0.3) is 0 Å². The summed E-state index contributed by atoms with van der Waals surface area (Å²) in [4.78, 5) is 12.7. The van der Waals surface area contributed by atoms with Crippen LogP contribution in [0.25, 0.3) is 11.4 Å². The first-order valence-electron chi connectivity index (χ1n) is 10.1. The topological polar surface area (TPSA) is 69.0 Å². The summed E-state index contributed by atoms with van der Waals surface area (Å²) in [6.45, 7) is 2.97. The molecule has 0 saturated carbocycles.